The van der Waals surface area contributed by atoms with Gasteiger partial charge in [-0.25, -0.2) is 0 Å². The molecule has 41 valence electrons. The second-order valence-electron chi connectivity index (χ2n) is 0.250. The zero-order chi connectivity index (χ0) is 3.58. The molecule has 1 radical (unpaired) electrons. The molecule has 0 aliphatic carbocycles. The maximum absolute atomic E-state index is 8.33. The summed E-state index contributed by atoms with van der Waals surface area (Å²) >= 11 is 0. The van der Waals surface area contributed by atoms with Crippen molar-refractivity contribution in [2.45, 2.75) is 0 Å². The van der Waals surface area contributed by atoms with Crippen molar-refractivity contribution in [3.05, 3.63) is 0 Å². The molecule has 0 heterocycles. The monoisotopic (exact) mass is 184 g/mol. The van der Waals surface area contributed by atoms with E-state index < -0.39 is 6.16 Å². The summed E-state index contributed by atoms with van der Waals surface area (Å²) in [5, 5.41) is 16.7. The van der Waals surface area contributed by atoms with E-state index in [0.29, 0.717) is 0 Å². The topological polar surface area (TPSA) is 99.7 Å². The largest absolute Gasteiger partial charge is 1.00 e. The van der Waals surface area contributed by atoms with E-state index in [1.54, 1.807) is 0 Å². The smallest absolute Gasteiger partial charge is 0.652 e. The first-order chi connectivity index (χ1) is 1.73. The molecule has 0 aliphatic rings. The number of carbonyl (C=O) groups is 1. The molecule has 0 saturated heterocycles. The molecule has 0 unspecified atom stereocenters. The van der Waals surface area contributed by atoms with Crippen molar-refractivity contribution in [1.29, 1.82) is 0 Å². The van der Waals surface area contributed by atoms with E-state index in [2.05, 4.69) is 0 Å². The second-order valence-corrected chi connectivity index (χ2v) is 0.250. The van der Waals surface area contributed by atoms with Crippen molar-refractivity contribution >= 4 is 6.16 Å². The number of carboxylic acid groups (broad SMARTS) is 2. The standard InChI is InChI=1S/CH2O3.H3N.Pd/c2-1(3)4;;/h(H2,2,3,4);1H3;/q;;+1/p-1. The molecule has 0 saturated carbocycles. The predicted octanol–water partition coefficient (Wildman–Crippen LogP) is -2.07. The molecule has 0 aliphatic heterocycles. The summed E-state index contributed by atoms with van der Waals surface area (Å²) in [4.78, 5) is 8.33. The van der Waals surface area contributed by atoms with E-state index in [1.165, 1.54) is 0 Å². The molecule has 0 rings (SSSR count). The molecule has 0 atom stereocenters. The minimum atomic E-state index is -2.33. The molecule has 0 fully saturated rings. The Morgan fingerprint density at radius 3 is 1.33 bits per heavy atom. The first kappa shape index (κ1) is 16.9. The Labute approximate surface area is 48.4 Å². The van der Waals surface area contributed by atoms with Crippen molar-refractivity contribution in [2.24, 2.45) is 0 Å². The van der Waals surface area contributed by atoms with Gasteiger partial charge in [0.2, 0.25) is 0 Å². The van der Waals surface area contributed by atoms with Gasteiger partial charge in [0.1, 0.15) is 0 Å². The Morgan fingerprint density at radius 2 is 1.33 bits per heavy atom. The summed E-state index contributed by atoms with van der Waals surface area (Å²) in [7, 11) is 0. The molecule has 6 heavy (non-hydrogen) atoms. The molecule has 4 nitrogen and oxygen atoms in total. The van der Waals surface area contributed by atoms with Crippen molar-refractivity contribution in [1.82, 2.24) is 6.15 Å². The van der Waals surface area contributed by atoms with Gasteiger partial charge < -0.3 is 21.2 Å². The maximum atomic E-state index is 8.33. The third kappa shape index (κ3) is 2810. The summed E-state index contributed by atoms with van der Waals surface area (Å²) in [6.07, 6.45) is -2.33. The van der Waals surface area contributed by atoms with Crippen LogP contribution in [0, 0.1) is 0 Å². The summed E-state index contributed by atoms with van der Waals surface area (Å²) in [5.41, 5.74) is 0. The number of carbonyl (C=O) groups excluding carboxylic acids is 1. The van der Waals surface area contributed by atoms with Gasteiger partial charge in [0.15, 0.2) is 0 Å². The zero-order valence-corrected chi connectivity index (χ0v) is 4.60. The van der Waals surface area contributed by atoms with Gasteiger partial charge in [0, 0.05) is 0 Å². The molecular formula is CH4NO3Pd. The molecule has 0 aromatic carbocycles. The Morgan fingerprint density at radius 1 is 1.33 bits per heavy atom. The van der Waals surface area contributed by atoms with Crippen LogP contribution in [0.25, 0.3) is 0 Å². The zero-order valence-electron chi connectivity index (χ0n) is 3.04. The van der Waals surface area contributed by atoms with Crippen LogP contribution in [0.2, 0.25) is 0 Å². The molecule has 5 heteroatoms. The van der Waals surface area contributed by atoms with Crippen LogP contribution in [0.3, 0.4) is 0 Å². The van der Waals surface area contributed by atoms with E-state index in [0.717, 1.165) is 0 Å². The van der Waals surface area contributed by atoms with Crippen molar-refractivity contribution < 1.29 is 35.4 Å². The predicted molar refractivity (Wildman–Crippen MR) is 11.4 cm³/mol. The first-order valence-corrected chi connectivity index (χ1v) is 0.612. The fraction of sp³-hybridized carbons (Fsp3) is 0. The van der Waals surface area contributed by atoms with Crippen LogP contribution in [-0.4, -0.2) is 6.16 Å². The minimum Gasteiger partial charge on any atom is -0.652 e. The fourth-order valence-corrected chi connectivity index (χ4v) is 0. The van der Waals surface area contributed by atoms with E-state index in [4.69, 9.17) is 15.0 Å². The van der Waals surface area contributed by atoms with Crippen molar-refractivity contribution in [3.8, 4) is 0 Å². The van der Waals surface area contributed by atoms with Crippen molar-refractivity contribution in [2.75, 3.05) is 0 Å². The minimum absolute atomic E-state index is 0. The number of rotatable bonds is 0. The van der Waals surface area contributed by atoms with E-state index in [1.807, 2.05) is 0 Å². The molecule has 4 N–H and O–H groups in total. The molecule has 0 aromatic rings. The van der Waals surface area contributed by atoms with Gasteiger partial charge in [-0.2, -0.15) is 0 Å². The summed E-state index contributed by atoms with van der Waals surface area (Å²) in [5.74, 6) is 0. The van der Waals surface area contributed by atoms with Crippen LogP contribution in [0.15, 0.2) is 0 Å². The summed E-state index contributed by atoms with van der Waals surface area (Å²) < 4.78 is 0. The van der Waals surface area contributed by atoms with Crippen LogP contribution in [0.4, 0.5) is 4.79 Å². The average molecular weight is 184 g/mol. The SMILES string of the molecule is O=C([O-])[O-].[NH4+].[Pd+]. The van der Waals surface area contributed by atoms with E-state index in [9.17, 15) is 0 Å². The van der Waals surface area contributed by atoms with Crippen LogP contribution < -0.4 is 16.4 Å². The van der Waals surface area contributed by atoms with E-state index in [-0.39, 0.29) is 26.6 Å². The Hall–Kier alpha value is -0.108. The number of hydrogen-bond donors (Lipinski definition) is 1. The van der Waals surface area contributed by atoms with E-state index >= 15 is 0 Å². The molecule has 0 aromatic heterocycles. The van der Waals surface area contributed by atoms with Gasteiger partial charge in [-0.3, -0.25) is 0 Å². The molecular weight excluding hydrogens is 180 g/mol. The average Bonchev–Trinajstić information content (AvgIpc) is 0.811. The van der Waals surface area contributed by atoms with Gasteiger partial charge in [-0.05, 0) is 6.16 Å². The molecule has 0 amide bonds. The van der Waals surface area contributed by atoms with Crippen molar-refractivity contribution in [3.63, 3.8) is 0 Å². The molecule has 0 bridgehead atoms. The first-order valence-electron chi connectivity index (χ1n) is 0.612. The van der Waals surface area contributed by atoms with Gasteiger partial charge in [0.25, 0.3) is 0 Å². The van der Waals surface area contributed by atoms with Gasteiger partial charge in [-0.1, -0.05) is 0 Å². The second kappa shape index (κ2) is 8.86. The Kier molecular flexibility index (Phi) is 24.9. The maximum Gasteiger partial charge on any atom is 1.00 e. The number of quaternary nitrogens is 1. The normalized spacial score (nSPS) is 4.00. The summed E-state index contributed by atoms with van der Waals surface area (Å²) in [6.45, 7) is 0. The fourth-order valence-electron chi connectivity index (χ4n) is 0. The van der Waals surface area contributed by atoms with Gasteiger partial charge in [-0.15, -0.1) is 0 Å². The number of hydrogen-bond acceptors (Lipinski definition) is 3. The quantitative estimate of drug-likeness (QED) is 0.438. The third-order valence-electron chi connectivity index (χ3n) is 0. The van der Waals surface area contributed by atoms with Gasteiger partial charge >= 0.3 is 20.4 Å². The van der Waals surface area contributed by atoms with Crippen LogP contribution in [-0.2, 0) is 20.4 Å². The van der Waals surface area contributed by atoms with Crippen LogP contribution in [0.5, 0.6) is 0 Å². The Balaban J connectivity index is -0.0000000450. The Bertz CT molecular complexity index is 33.8. The summed E-state index contributed by atoms with van der Waals surface area (Å²) in [6, 6.07) is 0. The van der Waals surface area contributed by atoms with Crippen LogP contribution in [0.1, 0.15) is 0 Å². The third-order valence-corrected chi connectivity index (χ3v) is 0. The van der Waals surface area contributed by atoms with Crippen LogP contribution >= 0.6 is 0 Å². The molecule has 0 spiro atoms. The van der Waals surface area contributed by atoms with Gasteiger partial charge in [0.05, 0.1) is 0 Å².